The SMILES string of the molecule is CC(C)(C)OC(=O)N1CCN(c2ccccc2C(=O)Nc2ccccc2)CC1.CC(C)(C)OC(=O)N1CCN(c2ccccc2C(=O)O)CC1.CC(C)(C)OC(=O)N1CCN(c2ccccc2C(=O)O)CC1.CC(C)(C)OC(=O)N1CCN(c2ccccc2C=O)CC1.Cc1cc(C)n(CC(=O)N2CCN(c3ccccc3C(=O)Nc3ccccc3)CC2)n1.Cc1cc(C)n(CC(=O)O)n1.O=C(O)c1ccccc1N1CCNCC1. The molecule has 0 bridgehead atoms. The Labute approximate surface area is 877 Å². The number of hydrogen-bond donors (Lipinski definition) is 7. The number of aromatic carboxylic acids is 3. The normalized spacial score (nSPS) is 14.7. The fourth-order valence-electron chi connectivity index (χ4n) is 16.9. The van der Waals surface area contributed by atoms with Crippen molar-refractivity contribution in [1.29, 1.82) is 0 Å². The van der Waals surface area contributed by atoms with Gasteiger partial charge in [-0.05, 0) is 220 Å². The number of para-hydroxylation sites is 8. The summed E-state index contributed by atoms with van der Waals surface area (Å²) in [7, 11) is 0. The van der Waals surface area contributed by atoms with Gasteiger partial charge in [-0.25, -0.2) is 33.6 Å². The van der Waals surface area contributed by atoms with E-state index in [-0.39, 0.29) is 66.3 Å². The molecule has 7 N–H and O–H groups in total. The monoisotopic (exact) mass is 2060 g/mol. The molecule has 0 spiro atoms. The lowest BCUT2D eigenvalue weighted by atomic mass is 10.1. The zero-order valence-corrected chi connectivity index (χ0v) is 88.8. The van der Waals surface area contributed by atoms with Gasteiger partial charge in [-0.2, -0.15) is 10.2 Å². The number of anilines is 8. The Hall–Kier alpha value is -16.0. The Morgan fingerprint density at radius 2 is 0.547 bits per heavy atom. The minimum Gasteiger partial charge on any atom is -0.480 e. The number of aromatic nitrogens is 4. The Morgan fingerprint density at radius 1 is 0.307 bits per heavy atom. The molecule has 8 heterocycles. The predicted octanol–water partition coefficient (Wildman–Crippen LogP) is 15.9. The number of carbonyl (C=O) groups excluding carboxylic acids is 8. The van der Waals surface area contributed by atoms with Crippen LogP contribution in [0.15, 0.2) is 218 Å². The van der Waals surface area contributed by atoms with E-state index in [4.69, 9.17) is 29.2 Å². The lowest BCUT2D eigenvalue weighted by Crippen LogP contribution is -2.50. The van der Waals surface area contributed by atoms with E-state index >= 15 is 0 Å². The number of amides is 7. The molecule has 150 heavy (non-hydrogen) atoms. The first-order chi connectivity index (χ1) is 71.2. The summed E-state index contributed by atoms with van der Waals surface area (Å²) < 4.78 is 24.8. The van der Waals surface area contributed by atoms with Gasteiger partial charge in [-0.15, -0.1) is 0 Å². The molecule has 6 aliphatic heterocycles. The number of piperazine rings is 6. The summed E-state index contributed by atoms with van der Waals surface area (Å²) in [5.74, 6) is -3.81. The zero-order chi connectivity index (χ0) is 109. The number of aldehydes is 1. The lowest BCUT2D eigenvalue weighted by molar-refractivity contribution is -0.138. The van der Waals surface area contributed by atoms with Crippen molar-refractivity contribution in [2.45, 2.75) is 146 Å². The number of nitrogens with one attached hydrogen (secondary N) is 3. The molecule has 0 radical (unpaired) electrons. The molecule has 802 valence electrons. The Kier molecular flexibility index (Phi) is 42.2. The van der Waals surface area contributed by atoms with Crippen molar-refractivity contribution in [2.24, 2.45) is 0 Å². The van der Waals surface area contributed by atoms with Crippen molar-refractivity contribution in [1.82, 2.24) is 49.4 Å². The van der Waals surface area contributed by atoms with Crippen LogP contribution >= 0.6 is 0 Å². The summed E-state index contributed by atoms with van der Waals surface area (Å²) in [6.45, 7) is 45.5. The second kappa shape index (κ2) is 54.6. The molecule has 6 aliphatic rings. The molecule has 0 atom stereocenters. The first-order valence-electron chi connectivity index (χ1n) is 50.2. The summed E-state index contributed by atoms with van der Waals surface area (Å²) in [5, 5.41) is 53.5. The molecule has 10 aromatic rings. The van der Waals surface area contributed by atoms with Gasteiger partial charge in [-0.3, -0.25) is 33.3 Å². The second-order valence-corrected chi connectivity index (χ2v) is 40.3. The number of rotatable bonds is 18. The molecule has 8 aromatic carbocycles. The number of carboxylic acid groups (broad SMARTS) is 4. The Balaban J connectivity index is 0.000000182. The van der Waals surface area contributed by atoms with Gasteiger partial charge in [0.05, 0.1) is 56.3 Å². The van der Waals surface area contributed by atoms with Crippen LogP contribution in [0.2, 0.25) is 0 Å². The van der Waals surface area contributed by atoms with Crippen molar-refractivity contribution in [3.63, 3.8) is 0 Å². The fraction of sp³-hybridized carbons (Fsp3) is 0.411. The number of nitrogens with zero attached hydrogens (tertiary/aromatic N) is 15. The summed E-state index contributed by atoms with van der Waals surface area (Å²) >= 11 is 0. The molecule has 7 amide bonds. The quantitative estimate of drug-likeness (QED) is 0.0310. The first kappa shape index (κ1) is 116. The topological polar surface area (TPSA) is 430 Å². The molecule has 16 rings (SSSR count). The van der Waals surface area contributed by atoms with Gasteiger partial charge < -0.3 is 109 Å². The summed E-state index contributed by atoms with van der Waals surface area (Å²) in [6.07, 6.45) is -0.333. The molecule has 6 fully saturated rings. The van der Waals surface area contributed by atoms with Crippen molar-refractivity contribution < 1.29 is 96.9 Å². The standard InChI is InChI=1S/C24H27N5O2.C22H27N3O3.2C16H22N2O4.C16H22N2O3.C11H14N2O2.C7H10N2O2/c1-18-16-19(2)29(26-18)17-23(30)28-14-12-27(13-15-28)22-11-7-6-10-21(22)24(31)25-20-8-4-3-5-9-20;1-22(2,3)28-21(27)25-15-13-24(14-16-25)19-12-8-7-11-18(19)20(26)23-17-9-5-4-6-10-17;2*1-16(2,3)22-15(21)18-10-8-17(9-11-18)13-7-5-4-6-12(13)14(19)20;1-16(2,3)21-15(20)18-10-8-17(9-11-18)14-7-5-4-6-13(14)12-19;14-11(15)9-3-1-2-4-10(9)13-7-5-12-6-8-13;1-5-3-6(2)9(8-5)4-7(10)11/h3-11,16H,12-15,17H2,1-2H3,(H,25,31);4-12H,13-16H2,1-3H3,(H,23,26);2*4-7H,8-11H2,1-3H3,(H,19,20);4-7,12H,8-11H2,1-3H3;1-4,12H,5-8H2,(H,14,15);3H,4H2,1-2H3,(H,10,11). The third kappa shape index (κ3) is 36.2. The van der Waals surface area contributed by atoms with Gasteiger partial charge >= 0.3 is 48.3 Å². The number of hydrogen-bond acceptors (Lipinski definition) is 25. The third-order valence-corrected chi connectivity index (χ3v) is 24.1. The minimum atomic E-state index is -0.940. The van der Waals surface area contributed by atoms with Crippen LogP contribution in [-0.2, 0) is 41.6 Å². The molecular formula is C112H144N18O20. The van der Waals surface area contributed by atoms with E-state index in [1.54, 1.807) is 72.8 Å². The maximum atomic E-state index is 12.9. The number of benzene rings is 8. The molecule has 38 heteroatoms. The third-order valence-electron chi connectivity index (χ3n) is 24.1. The summed E-state index contributed by atoms with van der Waals surface area (Å²) in [4.78, 5) is 163. The van der Waals surface area contributed by atoms with Gasteiger partial charge in [0, 0.05) is 202 Å². The molecular weight excluding hydrogens is 1920 g/mol. The number of carbonyl (C=O) groups is 12. The number of carboxylic acids is 4. The van der Waals surface area contributed by atoms with Crippen molar-refractivity contribution in [3.05, 3.63) is 275 Å². The van der Waals surface area contributed by atoms with E-state index in [9.17, 15) is 67.7 Å². The highest BCUT2D eigenvalue weighted by molar-refractivity contribution is 6.09. The van der Waals surface area contributed by atoms with E-state index in [1.807, 2.05) is 295 Å². The van der Waals surface area contributed by atoms with Crippen molar-refractivity contribution in [3.8, 4) is 0 Å². The van der Waals surface area contributed by atoms with Crippen LogP contribution in [0.4, 0.5) is 64.7 Å². The van der Waals surface area contributed by atoms with E-state index in [0.29, 0.717) is 165 Å². The average molecular weight is 2060 g/mol. The maximum absolute atomic E-state index is 12.9. The van der Waals surface area contributed by atoms with Gasteiger partial charge in [0.25, 0.3) is 11.8 Å². The van der Waals surface area contributed by atoms with Crippen LogP contribution in [0.3, 0.4) is 0 Å². The van der Waals surface area contributed by atoms with Crippen LogP contribution in [0, 0.1) is 27.7 Å². The largest absolute Gasteiger partial charge is 0.480 e. The van der Waals surface area contributed by atoms with Crippen molar-refractivity contribution >= 4 is 118 Å². The zero-order valence-electron chi connectivity index (χ0n) is 88.8. The van der Waals surface area contributed by atoms with Crippen molar-refractivity contribution in [2.75, 3.05) is 197 Å². The second-order valence-electron chi connectivity index (χ2n) is 40.3. The van der Waals surface area contributed by atoms with Crippen LogP contribution in [-0.4, -0.2) is 316 Å². The predicted molar refractivity (Wildman–Crippen MR) is 579 cm³/mol. The molecule has 38 nitrogen and oxygen atoms in total. The smallest absolute Gasteiger partial charge is 0.410 e. The molecule has 2 aromatic heterocycles. The van der Waals surface area contributed by atoms with Gasteiger partial charge in [-0.1, -0.05) is 109 Å². The van der Waals surface area contributed by atoms with Crippen LogP contribution in [0.1, 0.15) is 168 Å². The van der Waals surface area contributed by atoms with E-state index < -0.39 is 46.3 Å². The average Bonchev–Trinajstić information content (AvgIpc) is 0.851. The van der Waals surface area contributed by atoms with Crippen LogP contribution in [0.25, 0.3) is 0 Å². The summed E-state index contributed by atoms with van der Waals surface area (Å²) in [6, 6.07) is 66.4. The number of aryl methyl sites for hydroxylation is 4. The summed E-state index contributed by atoms with van der Waals surface area (Å²) in [5.41, 5.74) is 11.0. The number of ether oxygens (including phenoxy) is 4. The maximum Gasteiger partial charge on any atom is 0.410 e. The highest BCUT2D eigenvalue weighted by atomic mass is 16.6. The highest BCUT2D eigenvalue weighted by Crippen LogP contribution is 2.31. The molecule has 0 saturated carbocycles. The van der Waals surface area contributed by atoms with E-state index in [0.717, 1.165) is 89.4 Å². The minimum absolute atomic E-state index is 0.0559. The highest BCUT2D eigenvalue weighted by Gasteiger charge is 2.35. The molecule has 0 unspecified atom stereocenters. The van der Waals surface area contributed by atoms with Gasteiger partial charge in [0.15, 0.2) is 6.29 Å². The lowest BCUT2D eigenvalue weighted by Gasteiger charge is -2.37. The molecule has 0 aliphatic carbocycles. The van der Waals surface area contributed by atoms with Gasteiger partial charge in [0.2, 0.25) is 5.91 Å². The fourth-order valence-corrected chi connectivity index (χ4v) is 16.9. The van der Waals surface area contributed by atoms with Gasteiger partial charge in [0.1, 0.15) is 35.5 Å². The number of aliphatic carboxylic acids is 1. The first-order valence-corrected chi connectivity index (χ1v) is 50.2. The molecule has 6 saturated heterocycles. The Morgan fingerprint density at radius 3 is 0.813 bits per heavy atom. The Bertz CT molecular complexity index is 6080. The van der Waals surface area contributed by atoms with E-state index in [1.165, 1.54) is 4.68 Å². The van der Waals surface area contributed by atoms with Crippen LogP contribution < -0.4 is 45.3 Å². The van der Waals surface area contributed by atoms with Crippen LogP contribution in [0.5, 0.6) is 0 Å². The van der Waals surface area contributed by atoms with E-state index in [2.05, 4.69) is 45.7 Å².